The van der Waals surface area contributed by atoms with Gasteiger partial charge in [-0.25, -0.2) is 0 Å². The Morgan fingerprint density at radius 3 is 1.61 bits per heavy atom. The first-order valence-electron chi connectivity index (χ1n) is 11.4. The molecule has 0 aliphatic carbocycles. The van der Waals surface area contributed by atoms with Gasteiger partial charge in [0.1, 0.15) is 0 Å². The molecule has 4 rings (SSSR count). The molecule has 0 spiro atoms. The third-order valence-electron chi connectivity index (χ3n) is 6.02. The minimum atomic E-state index is -0.449. The van der Waals surface area contributed by atoms with Crippen molar-refractivity contribution in [3.05, 3.63) is 120 Å². The van der Waals surface area contributed by atoms with Gasteiger partial charge in [0.2, 0.25) is 0 Å². The lowest BCUT2D eigenvalue weighted by atomic mass is 9.93. The van der Waals surface area contributed by atoms with Crippen LogP contribution in [0.25, 0.3) is 22.3 Å². The summed E-state index contributed by atoms with van der Waals surface area (Å²) in [5.74, 6) is 0.0392. The quantitative estimate of drug-likeness (QED) is 0.316. The normalized spacial score (nSPS) is 12.0. The van der Waals surface area contributed by atoms with Crippen molar-refractivity contribution in [1.29, 1.82) is 0 Å². The van der Waals surface area contributed by atoms with Gasteiger partial charge in [-0.15, -0.1) is 0 Å². The van der Waals surface area contributed by atoms with E-state index in [0.29, 0.717) is 18.7 Å². The van der Waals surface area contributed by atoms with Gasteiger partial charge in [-0.1, -0.05) is 116 Å². The Morgan fingerprint density at radius 1 is 0.697 bits per heavy atom. The molecule has 0 aliphatic heterocycles. The standard InChI is InChI=1S/C30H29NO2/c1-2-31(21-22-32)29(27-17-13-25(14-18-27)23-9-5-3-6-10-23)30(33)28-19-15-26(16-20-28)24-11-7-4-8-12-24/h3-20,29,32H,2,21-22H2,1H3. The van der Waals surface area contributed by atoms with Crippen molar-refractivity contribution in [2.75, 3.05) is 19.7 Å². The highest BCUT2D eigenvalue weighted by Gasteiger charge is 2.27. The minimum Gasteiger partial charge on any atom is -0.395 e. The average molecular weight is 436 g/mol. The molecule has 0 radical (unpaired) electrons. The zero-order chi connectivity index (χ0) is 23.0. The first-order valence-corrected chi connectivity index (χ1v) is 11.4. The Labute approximate surface area is 196 Å². The molecule has 0 heterocycles. The molecule has 3 nitrogen and oxygen atoms in total. The SMILES string of the molecule is CCN(CCO)C(C(=O)c1ccc(-c2ccccc2)cc1)c1ccc(-c2ccccc2)cc1. The van der Waals surface area contributed by atoms with Gasteiger partial charge in [0.05, 0.1) is 12.6 Å². The first-order chi connectivity index (χ1) is 16.2. The molecule has 1 unspecified atom stereocenters. The van der Waals surface area contributed by atoms with Gasteiger partial charge in [0.25, 0.3) is 0 Å². The Morgan fingerprint density at radius 2 is 1.15 bits per heavy atom. The fourth-order valence-electron chi connectivity index (χ4n) is 4.23. The van der Waals surface area contributed by atoms with Gasteiger partial charge in [-0.2, -0.15) is 0 Å². The van der Waals surface area contributed by atoms with Crippen molar-refractivity contribution in [1.82, 2.24) is 4.90 Å². The van der Waals surface area contributed by atoms with Crippen LogP contribution < -0.4 is 0 Å². The maximum Gasteiger partial charge on any atom is 0.184 e. The van der Waals surface area contributed by atoms with E-state index in [2.05, 4.69) is 36.4 Å². The van der Waals surface area contributed by atoms with E-state index in [-0.39, 0.29) is 12.4 Å². The monoisotopic (exact) mass is 435 g/mol. The zero-order valence-corrected chi connectivity index (χ0v) is 18.9. The maximum atomic E-state index is 13.7. The number of ketones is 1. The van der Waals surface area contributed by atoms with E-state index in [1.165, 1.54) is 0 Å². The van der Waals surface area contributed by atoms with Crippen LogP contribution in [0.3, 0.4) is 0 Å². The fourth-order valence-corrected chi connectivity index (χ4v) is 4.23. The van der Waals surface area contributed by atoms with E-state index >= 15 is 0 Å². The van der Waals surface area contributed by atoms with E-state index in [1.807, 2.05) is 84.6 Å². The van der Waals surface area contributed by atoms with Gasteiger partial charge >= 0.3 is 0 Å². The molecule has 0 fully saturated rings. The number of Topliss-reactive ketones (excluding diaryl/α,β-unsaturated/α-hetero) is 1. The van der Waals surface area contributed by atoms with Gasteiger partial charge in [-0.3, -0.25) is 9.69 Å². The summed E-state index contributed by atoms with van der Waals surface area (Å²) in [4.78, 5) is 15.7. The highest BCUT2D eigenvalue weighted by atomic mass is 16.3. The number of rotatable bonds is 9. The van der Waals surface area contributed by atoms with E-state index in [4.69, 9.17) is 0 Å². The number of hydrogen-bond donors (Lipinski definition) is 1. The van der Waals surface area contributed by atoms with Crippen molar-refractivity contribution < 1.29 is 9.90 Å². The van der Waals surface area contributed by atoms with Gasteiger partial charge < -0.3 is 5.11 Å². The van der Waals surface area contributed by atoms with Crippen LogP contribution in [-0.4, -0.2) is 35.5 Å². The molecule has 0 bridgehead atoms. The number of carbonyl (C=O) groups is 1. The number of aliphatic hydroxyl groups excluding tert-OH is 1. The van der Waals surface area contributed by atoms with Crippen LogP contribution in [0.4, 0.5) is 0 Å². The largest absolute Gasteiger partial charge is 0.395 e. The van der Waals surface area contributed by atoms with Crippen LogP contribution in [0.2, 0.25) is 0 Å². The van der Waals surface area contributed by atoms with E-state index in [1.54, 1.807) is 0 Å². The fraction of sp³-hybridized carbons (Fsp3) is 0.167. The molecule has 0 amide bonds. The number of hydrogen-bond acceptors (Lipinski definition) is 3. The van der Waals surface area contributed by atoms with Crippen molar-refractivity contribution in [3.63, 3.8) is 0 Å². The Bertz CT molecular complexity index is 1150. The van der Waals surface area contributed by atoms with Gasteiger partial charge in [-0.05, 0) is 34.4 Å². The Hall–Kier alpha value is -3.53. The highest BCUT2D eigenvalue weighted by Crippen LogP contribution is 2.29. The number of nitrogens with zero attached hydrogens (tertiary/aromatic N) is 1. The summed E-state index contributed by atoms with van der Waals surface area (Å²) in [6.45, 7) is 3.13. The molecule has 4 aromatic rings. The third-order valence-corrected chi connectivity index (χ3v) is 6.02. The smallest absolute Gasteiger partial charge is 0.184 e. The van der Waals surface area contributed by atoms with E-state index < -0.39 is 6.04 Å². The highest BCUT2D eigenvalue weighted by molar-refractivity contribution is 6.01. The summed E-state index contributed by atoms with van der Waals surface area (Å²) < 4.78 is 0. The molecule has 166 valence electrons. The van der Waals surface area contributed by atoms with Crippen LogP contribution in [0.1, 0.15) is 28.9 Å². The summed E-state index contributed by atoms with van der Waals surface area (Å²) in [7, 11) is 0. The number of carbonyl (C=O) groups excluding carboxylic acids is 1. The van der Waals surface area contributed by atoms with E-state index in [9.17, 15) is 9.90 Å². The summed E-state index contributed by atoms with van der Waals surface area (Å²) in [6, 6.07) is 35.9. The second-order valence-electron chi connectivity index (χ2n) is 8.05. The number of benzene rings is 4. The van der Waals surface area contributed by atoms with Crippen molar-refractivity contribution in [3.8, 4) is 22.3 Å². The number of aliphatic hydroxyl groups is 1. The topological polar surface area (TPSA) is 40.5 Å². The molecule has 0 saturated heterocycles. The van der Waals surface area contributed by atoms with E-state index in [0.717, 1.165) is 27.8 Å². The summed E-state index contributed by atoms with van der Waals surface area (Å²) in [5, 5.41) is 9.62. The van der Waals surface area contributed by atoms with Crippen molar-refractivity contribution >= 4 is 5.78 Å². The lowest BCUT2D eigenvalue weighted by Crippen LogP contribution is -2.36. The Kier molecular flexibility index (Phi) is 7.46. The van der Waals surface area contributed by atoms with Crippen LogP contribution in [0.5, 0.6) is 0 Å². The molecule has 0 aromatic heterocycles. The molecular formula is C30H29NO2. The van der Waals surface area contributed by atoms with Crippen LogP contribution in [0.15, 0.2) is 109 Å². The van der Waals surface area contributed by atoms with Gasteiger partial charge in [0, 0.05) is 12.1 Å². The second kappa shape index (κ2) is 10.9. The molecule has 0 saturated carbocycles. The van der Waals surface area contributed by atoms with Crippen LogP contribution in [-0.2, 0) is 0 Å². The summed E-state index contributed by atoms with van der Waals surface area (Å²) in [5.41, 5.74) is 6.07. The zero-order valence-electron chi connectivity index (χ0n) is 18.9. The molecule has 0 aliphatic rings. The second-order valence-corrected chi connectivity index (χ2v) is 8.05. The molecule has 33 heavy (non-hydrogen) atoms. The van der Waals surface area contributed by atoms with Crippen LogP contribution in [0, 0.1) is 0 Å². The summed E-state index contributed by atoms with van der Waals surface area (Å²) >= 11 is 0. The van der Waals surface area contributed by atoms with Crippen molar-refractivity contribution in [2.24, 2.45) is 0 Å². The predicted molar refractivity (Wildman–Crippen MR) is 135 cm³/mol. The third kappa shape index (κ3) is 5.28. The lowest BCUT2D eigenvalue weighted by Gasteiger charge is -2.29. The predicted octanol–water partition coefficient (Wildman–Crippen LogP) is 6.26. The molecule has 1 atom stereocenters. The molecule has 3 heteroatoms. The Balaban J connectivity index is 1.65. The molecular weight excluding hydrogens is 406 g/mol. The minimum absolute atomic E-state index is 0.00661. The molecule has 4 aromatic carbocycles. The number of likely N-dealkylation sites (N-methyl/N-ethyl adjacent to an activating group) is 1. The first kappa shape index (κ1) is 22.7. The maximum absolute atomic E-state index is 13.7. The summed E-state index contributed by atoms with van der Waals surface area (Å²) in [6.07, 6.45) is 0. The van der Waals surface area contributed by atoms with Crippen molar-refractivity contribution in [2.45, 2.75) is 13.0 Å². The van der Waals surface area contributed by atoms with Crippen LogP contribution >= 0.6 is 0 Å². The average Bonchev–Trinajstić information content (AvgIpc) is 2.90. The molecule has 1 N–H and O–H groups in total. The lowest BCUT2D eigenvalue weighted by molar-refractivity contribution is 0.0793. The van der Waals surface area contributed by atoms with Gasteiger partial charge in [0.15, 0.2) is 5.78 Å².